The van der Waals surface area contributed by atoms with Gasteiger partial charge in [0, 0.05) is 68.4 Å². The molecule has 2 unspecified atom stereocenters. The quantitative estimate of drug-likeness (QED) is 0.150. The molecule has 9 nitrogen and oxygen atoms in total. The smallest absolute Gasteiger partial charge is 0.397 e. The van der Waals surface area contributed by atoms with Crippen molar-refractivity contribution in [3.05, 3.63) is 107 Å². The monoisotopic (exact) mass is 716 g/mol. The fourth-order valence-corrected chi connectivity index (χ4v) is 7.97. The van der Waals surface area contributed by atoms with Crippen LogP contribution in [0.25, 0.3) is 0 Å². The van der Waals surface area contributed by atoms with Crippen molar-refractivity contribution in [1.82, 2.24) is 19.3 Å². The maximum absolute atomic E-state index is 14.2. The van der Waals surface area contributed by atoms with E-state index in [9.17, 15) is 22.8 Å². The maximum Gasteiger partial charge on any atom is 0.418 e. The highest BCUT2D eigenvalue weighted by Gasteiger charge is 2.47. The van der Waals surface area contributed by atoms with Crippen LogP contribution in [0.1, 0.15) is 36.0 Å². The molecule has 1 fully saturated rings. The minimum Gasteiger partial charge on any atom is -0.397 e. The van der Waals surface area contributed by atoms with Crippen LogP contribution in [0.15, 0.2) is 90.2 Å². The number of piperidine rings is 1. The van der Waals surface area contributed by atoms with Gasteiger partial charge in [-0.1, -0.05) is 41.9 Å². The average molecular weight is 717 g/mol. The third-order valence-electron chi connectivity index (χ3n) is 10.4. The number of fused-ring (bicyclic) bond motifs is 2. The SMILES string of the molecule is C[N+]1(c2ccncc2)C(C(CC(=O)N2CCC(N3CCc4ccccc4NC3=O)CC2)Cc2cc(Cl)c(N)c(C(F)(F)F)c2)=Nc2ccccc21. The summed E-state index contributed by atoms with van der Waals surface area (Å²) in [6.45, 7) is 1.48. The Hall–Kier alpha value is -4.94. The number of nitrogen functional groups attached to an aromatic ring is 1. The van der Waals surface area contributed by atoms with Gasteiger partial charge in [-0.05, 0) is 61.1 Å². The number of amides is 3. The number of hydrogen-bond donors (Lipinski definition) is 2. The number of pyridine rings is 1. The van der Waals surface area contributed by atoms with Gasteiger partial charge >= 0.3 is 12.2 Å². The molecule has 4 heterocycles. The minimum absolute atomic E-state index is 0.000726. The molecular weight excluding hydrogens is 679 g/mol. The molecule has 0 radical (unpaired) electrons. The van der Waals surface area contributed by atoms with Gasteiger partial charge in [-0.3, -0.25) is 9.78 Å². The van der Waals surface area contributed by atoms with Crippen LogP contribution in [0.5, 0.6) is 0 Å². The molecule has 3 aliphatic rings. The number of nitrogens with zero attached hydrogens (tertiary/aromatic N) is 5. The molecule has 0 aliphatic carbocycles. The molecule has 3 aliphatic heterocycles. The summed E-state index contributed by atoms with van der Waals surface area (Å²) < 4.78 is 42.3. The number of benzene rings is 3. The largest absolute Gasteiger partial charge is 0.418 e. The summed E-state index contributed by atoms with van der Waals surface area (Å²) in [6.07, 6.45) is 0.667. The molecule has 0 saturated carbocycles. The number of urea groups is 1. The number of aromatic nitrogens is 1. The van der Waals surface area contributed by atoms with E-state index in [0.29, 0.717) is 49.6 Å². The van der Waals surface area contributed by atoms with Crippen molar-refractivity contribution >= 4 is 57.8 Å². The third-order valence-corrected chi connectivity index (χ3v) is 10.7. The minimum atomic E-state index is -4.71. The number of carbonyl (C=O) groups excluding carboxylic acids is 2. The molecule has 3 amide bonds. The molecule has 3 N–H and O–H groups in total. The highest BCUT2D eigenvalue weighted by atomic mass is 35.5. The van der Waals surface area contributed by atoms with E-state index in [0.717, 1.165) is 35.1 Å². The number of quaternary nitrogens is 1. The molecule has 4 aromatic rings. The fraction of sp³-hybridized carbons (Fsp3) is 0.316. The molecule has 7 rings (SSSR count). The van der Waals surface area contributed by atoms with Gasteiger partial charge in [-0.2, -0.15) is 18.2 Å². The highest BCUT2D eigenvalue weighted by Crippen LogP contribution is 2.48. The van der Waals surface area contributed by atoms with Gasteiger partial charge < -0.3 is 20.9 Å². The van der Waals surface area contributed by atoms with Crippen molar-refractivity contribution in [3.8, 4) is 0 Å². The van der Waals surface area contributed by atoms with Gasteiger partial charge in [0.15, 0.2) is 5.69 Å². The summed E-state index contributed by atoms with van der Waals surface area (Å²) in [4.78, 5) is 40.3. The average Bonchev–Trinajstić information content (AvgIpc) is 3.32. The second-order valence-corrected chi connectivity index (χ2v) is 13.9. The first-order valence-electron chi connectivity index (χ1n) is 17.0. The maximum atomic E-state index is 14.2. The van der Waals surface area contributed by atoms with Gasteiger partial charge in [0.2, 0.25) is 11.7 Å². The number of hydrogen-bond acceptors (Lipinski definition) is 5. The summed E-state index contributed by atoms with van der Waals surface area (Å²) >= 11 is 6.27. The van der Waals surface area contributed by atoms with Crippen molar-refractivity contribution in [1.29, 1.82) is 0 Å². The van der Waals surface area contributed by atoms with E-state index in [1.807, 2.05) is 72.6 Å². The molecule has 0 bridgehead atoms. The third kappa shape index (κ3) is 6.65. The molecule has 264 valence electrons. The topological polar surface area (TPSA) is 104 Å². The van der Waals surface area contributed by atoms with Gasteiger partial charge in [0.25, 0.3) is 0 Å². The van der Waals surface area contributed by atoms with E-state index < -0.39 is 23.3 Å². The number of nitrogens with one attached hydrogen (secondary N) is 1. The zero-order valence-corrected chi connectivity index (χ0v) is 28.8. The summed E-state index contributed by atoms with van der Waals surface area (Å²) in [5.74, 6) is -0.131. The zero-order chi connectivity index (χ0) is 35.9. The summed E-state index contributed by atoms with van der Waals surface area (Å²) in [7, 11) is 1.98. The van der Waals surface area contributed by atoms with Crippen molar-refractivity contribution in [2.75, 3.05) is 37.7 Å². The lowest BCUT2D eigenvalue weighted by molar-refractivity contribution is -0.137. The lowest BCUT2D eigenvalue weighted by Crippen LogP contribution is -2.51. The molecule has 1 aromatic heterocycles. The van der Waals surface area contributed by atoms with Crippen molar-refractivity contribution in [2.45, 2.75) is 44.3 Å². The Morgan fingerprint density at radius 2 is 1.75 bits per heavy atom. The summed E-state index contributed by atoms with van der Waals surface area (Å²) in [6, 6.07) is 21.5. The van der Waals surface area contributed by atoms with E-state index in [2.05, 4.69) is 10.3 Å². The molecule has 51 heavy (non-hydrogen) atoms. The fourth-order valence-electron chi connectivity index (χ4n) is 7.72. The van der Waals surface area contributed by atoms with Crippen LogP contribution < -0.4 is 15.5 Å². The van der Waals surface area contributed by atoms with Crippen molar-refractivity contribution in [2.24, 2.45) is 10.9 Å². The summed E-state index contributed by atoms with van der Waals surface area (Å²) in [5.41, 5.74) is 8.87. The number of likely N-dealkylation sites (tertiary alicyclic amines) is 1. The second-order valence-electron chi connectivity index (χ2n) is 13.5. The first kappa shape index (κ1) is 34.5. The van der Waals surface area contributed by atoms with Crippen LogP contribution in [0.2, 0.25) is 5.02 Å². The Bertz CT molecular complexity index is 2000. The van der Waals surface area contributed by atoms with E-state index in [4.69, 9.17) is 22.3 Å². The number of anilines is 2. The molecule has 13 heteroatoms. The van der Waals surface area contributed by atoms with Crippen LogP contribution in [0, 0.1) is 5.92 Å². The van der Waals surface area contributed by atoms with Gasteiger partial charge in [-0.15, -0.1) is 0 Å². The van der Waals surface area contributed by atoms with Gasteiger partial charge in [-0.25, -0.2) is 9.28 Å². The lowest BCUT2D eigenvalue weighted by Gasteiger charge is -2.38. The van der Waals surface area contributed by atoms with Gasteiger partial charge in [0.05, 0.1) is 29.2 Å². The number of aliphatic imine (C=N–C) groups is 1. The predicted molar refractivity (Wildman–Crippen MR) is 193 cm³/mol. The van der Waals surface area contributed by atoms with E-state index in [1.54, 1.807) is 17.3 Å². The number of rotatable bonds is 7. The molecule has 1 saturated heterocycles. The van der Waals surface area contributed by atoms with Crippen LogP contribution in [-0.2, 0) is 23.8 Å². The Morgan fingerprint density at radius 3 is 2.49 bits per heavy atom. The number of para-hydroxylation sites is 3. The number of nitrogens with two attached hydrogens (primary N) is 1. The molecule has 3 aromatic carbocycles. The number of alkyl halides is 3. The van der Waals surface area contributed by atoms with Crippen LogP contribution in [0.3, 0.4) is 0 Å². The van der Waals surface area contributed by atoms with Crippen LogP contribution >= 0.6 is 11.6 Å². The first-order chi connectivity index (χ1) is 24.4. The van der Waals surface area contributed by atoms with Gasteiger partial charge in [0.1, 0.15) is 11.4 Å². The second kappa shape index (κ2) is 13.6. The standard InChI is InChI=1S/C38H37ClF3N7O2/c1-49(28-10-15-44-16-11-28)33-9-5-4-8-32(33)45-36(49)26(20-24-21-29(38(40,41)42)35(43)30(39)22-24)23-34(50)47-17-13-27(14-18-47)48-19-12-25-6-2-3-7-31(25)46-37(48)51/h2-11,15-16,21-22,26-27H,12-14,17-20,23,43H2,1H3/p+1. The Balaban J connectivity index is 1.16. The van der Waals surface area contributed by atoms with Crippen LogP contribution in [-0.4, -0.2) is 65.3 Å². The molecule has 0 spiro atoms. The Labute approximate surface area is 299 Å². The van der Waals surface area contributed by atoms with Crippen LogP contribution in [0.4, 0.5) is 46.4 Å². The van der Waals surface area contributed by atoms with Crippen molar-refractivity contribution < 1.29 is 22.8 Å². The lowest BCUT2D eigenvalue weighted by atomic mass is 9.90. The van der Waals surface area contributed by atoms with E-state index in [1.165, 1.54) is 6.07 Å². The summed E-state index contributed by atoms with van der Waals surface area (Å²) in [5, 5.41) is 2.84. The first-order valence-corrected chi connectivity index (χ1v) is 17.4. The van der Waals surface area contributed by atoms with Crippen molar-refractivity contribution in [3.63, 3.8) is 0 Å². The normalized spacial score (nSPS) is 19.9. The number of amidine groups is 1. The Morgan fingerprint density at radius 1 is 1.04 bits per heavy atom. The zero-order valence-electron chi connectivity index (χ0n) is 28.0. The number of halogens is 4. The molecular formula is C38H38ClF3N7O2+. The Kier molecular flexibility index (Phi) is 9.23. The van der Waals surface area contributed by atoms with E-state index >= 15 is 0 Å². The molecule has 2 atom stereocenters. The van der Waals surface area contributed by atoms with E-state index in [-0.39, 0.29) is 40.3 Å². The predicted octanol–water partition coefficient (Wildman–Crippen LogP) is 7.98. The highest BCUT2D eigenvalue weighted by molar-refractivity contribution is 6.33. The number of carbonyl (C=O) groups is 2.